The Kier molecular flexibility index (Phi) is 5.65. The van der Waals surface area contributed by atoms with Crippen LogP contribution in [0.3, 0.4) is 0 Å². The number of carbonyl (C=O) groups is 2. The molecule has 0 bridgehead atoms. The minimum atomic E-state index is -0.481. The molecule has 2 aromatic carbocycles. The maximum Gasteiger partial charge on any atom is 0.276 e. The Bertz CT molecular complexity index is 894. The summed E-state index contributed by atoms with van der Waals surface area (Å²) < 4.78 is 6.25. The number of hydrazine groups is 1. The Labute approximate surface area is 157 Å². The third-order valence-corrected chi connectivity index (χ3v) is 3.97. The zero-order chi connectivity index (χ0) is 18.4. The van der Waals surface area contributed by atoms with Gasteiger partial charge in [0.05, 0.1) is 17.5 Å². The largest absolute Gasteiger partial charge is 0.484 e. The van der Waals surface area contributed by atoms with Gasteiger partial charge >= 0.3 is 0 Å². The van der Waals surface area contributed by atoms with Gasteiger partial charge in [-0.15, -0.1) is 0 Å². The molecule has 1 heterocycles. The first kappa shape index (κ1) is 17.7. The van der Waals surface area contributed by atoms with Crippen LogP contribution >= 0.6 is 15.9 Å². The van der Waals surface area contributed by atoms with Crippen LogP contribution in [0, 0.1) is 0 Å². The number of rotatable bonds is 5. The van der Waals surface area contributed by atoms with E-state index in [1.807, 2.05) is 30.3 Å². The fraction of sp³-hybridized carbons (Fsp3) is 0.0556. The maximum atomic E-state index is 12.3. The summed E-state index contributed by atoms with van der Waals surface area (Å²) in [5.41, 5.74) is 6.39. The van der Waals surface area contributed by atoms with E-state index in [1.165, 1.54) is 6.20 Å². The Morgan fingerprint density at radius 1 is 1.04 bits per heavy atom. The second kappa shape index (κ2) is 8.30. The molecule has 3 aromatic rings. The smallest absolute Gasteiger partial charge is 0.276 e. The Balaban J connectivity index is 1.53. The standard InChI is InChI=1S/C18H15BrN4O3/c19-13-6-8-14(9-7-13)26-11-16(24)21-23-18(25)15-10-20-22-17(15)12-4-2-1-3-5-12/h1-10H,11H2,(H,20,22)(H,21,24)(H,23,25). The summed E-state index contributed by atoms with van der Waals surface area (Å²) in [5.74, 6) is -0.406. The Hall–Kier alpha value is -3.13. The number of benzene rings is 2. The monoisotopic (exact) mass is 414 g/mol. The molecule has 2 amide bonds. The van der Waals surface area contributed by atoms with Crippen molar-refractivity contribution < 1.29 is 14.3 Å². The fourth-order valence-corrected chi connectivity index (χ4v) is 2.46. The molecule has 1 aromatic heterocycles. The quantitative estimate of drug-likeness (QED) is 0.559. The minimum absolute atomic E-state index is 0.223. The van der Waals surface area contributed by atoms with Crippen LogP contribution in [0.2, 0.25) is 0 Å². The first-order chi connectivity index (χ1) is 12.6. The highest BCUT2D eigenvalue weighted by Crippen LogP contribution is 2.20. The molecule has 7 nitrogen and oxygen atoms in total. The summed E-state index contributed by atoms with van der Waals surface area (Å²) in [4.78, 5) is 24.1. The SMILES string of the molecule is O=C(COc1ccc(Br)cc1)NNC(=O)c1cn[nH]c1-c1ccccc1. The Morgan fingerprint density at radius 2 is 1.77 bits per heavy atom. The normalized spacial score (nSPS) is 10.2. The van der Waals surface area contributed by atoms with Crippen molar-refractivity contribution in [3.63, 3.8) is 0 Å². The van der Waals surface area contributed by atoms with E-state index in [4.69, 9.17) is 4.74 Å². The van der Waals surface area contributed by atoms with E-state index < -0.39 is 11.8 Å². The zero-order valence-electron chi connectivity index (χ0n) is 13.5. The first-order valence-corrected chi connectivity index (χ1v) is 8.49. The number of aromatic amines is 1. The van der Waals surface area contributed by atoms with E-state index in [0.717, 1.165) is 10.0 Å². The number of H-pyrrole nitrogens is 1. The lowest BCUT2D eigenvalue weighted by molar-refractivity contribution is -0.123. The molecule has 0 unspecified atom stereocenters. The number of amides is 2. The highest BCUT2D eigenvalue weighted by Gasteiger charge is 2.15. The van der Waals surface area contributed by atoms with Gasteiger partial charge in [0, 0.05) is 10.0 Å². The molecule has 0 aliphatic rings. The highest BCUT2D eigenvalue weighted by atomic mass is 79.9. The molecule has 8 heteroatoms. The number of ether oxygens (including phenoxy) is 1. The first-order valence-electron chi connectivity index (χ1n) is 7.70. The summed E-state index contributed by atoms with van der Waals surface area (Å²) >= 11 is 3.32. The van der Waals surface area contributed by atoms with Crippen LogP contribution < -0.4 is 15.6 Å². The molecular formula is C18H15BrN4O3. The number of carbonyl (C=O) groups excluding carboxylic acids is 2. The zero-order valence-corrected chi connectivity index (χ0v) is 15.1. The van der Waals surface area contributed by atoms with Gasteiger partial charge in [-0.2, -0.15) is 5.10 Å². The van der Waals surface area contributed by atoms with Gasteiger partial charge in [0.2, 0.25) is 0 Å². The van der Waals surface area contributed by atoms with Gasteiger partial charge in [-0.3, -0.25) is 25.5 Å². The molecule has 3 N–H and O–H groups in total. The van der Waals surface area contributed by atoms with Crippen molar-refractivity contribution in [1.82, 2.24) is 21.0 Å². The van der Waals surface area contributed by atoms with E-state index in [0.29, 0.717) is 17.0 Å². The van der Waals surface area contributed by atoms with Gasteiger partial charge in [-0.1, -0.05) is 46.3 Å². The summed E-state index contributed by atoms with van der Waals surface area (Å²) in [6.07, 6.45) is 1.40. The van der Waals surface area contributed by atoms with E-state index in [-0.39, 0.29) is 6.61 Å². The van der Waals surface area contributed by atoms with Crippen LogP contribution in [0.1, 0.15) is 10.4 Å². The van der Waals surface area contributed by atoms with Crippen molar-refractivity contribution in [3.8, 4) is 17.0 Å². The number of halogens is 1. The summed E-state index contributed by atoms with van der Waals surface area (Å²) in [6.45, 7) is -0.223. The predicted octanol–water partition coefficient (Wildman–Crippen LogP) is 2.68. The summed E-state index contributed by atoms with van der Waals surface area (Å²) in [7, 11) is 0. The third kappa shape index (κ3) is 4.48. The van der Waals surface area contributed by atoms with Crippen LogP contribution in [-0.4, -0.2) is 28.6 Å². The molecule has 0 aliphatic carbocycles. The van der Waals surface area contributed by atoms with Crippen molar-refractivity contribution in [3.05, 3.63) is 70.8 Å². The number of aromatic nitrogens is 2. The average Bonchev–Trinajstić information content (AvgIpc) is 3.16. The van der Waals surface area contributed by atoms with Crippen LogP contribution in [-0.2, 0) is 4.79 Å². The third-order valence-electron chi connectivity index (χ3n) is 3.45. The Morgan fingerprint density at radius 3 is 2.50 bits per heavy atom. The lowest BCUT2D eigenvalue weighted by atomic mass is 10.1. The van der Waals surface area contributed by atoms with Crippen LogP contribution in [0.4, 0.5) is 0 Å². The molecule has 26 heavy (non-hydrogen) atoms. The maximum absolute atomic E-state index is 12.3. The second-order valence-corrected chi connectivity index (χ2v) is 6.19. The van der Waals surface area contributed by atoms with E-state index >= 15 is 0 Å². The van der Waals surface area contributed by atoms with Crippen LogP contribution in [0.5, 0.6) is 5.75 Å². The molecule has 0 saturated heterocycles. The topological polar surface area (TPSA) is 96.1 Å². The molecule has 0 aliphatic heterocycles. The van der Waals surface area contributed by atoms with Crippen molar-refractivity contribution in [1.29, 1.82) is 0 Å². The van der Waals surface area contributed by atoms with E-state index in [1.54, 1.807) is 24.3 Å². The second-order valence-electron chi connectivity index (χ2n) is 5.27. The number of nitrogens with one attached hydrogen (secondary N) is 3. The molecule has 0 fully saturated rings. The molecule has 0 radical (unpaired) electrons. The average molecular weight is 415 g/mol. The number of hydrogen-bond acceptors (Lipinski definition) is 4. The molecule has 0 saturated carbocycles. The van der Waals surface area contributed by atoms with Gasteiger partial charge < -0.3 is 4.74 Å². The van der Waals surface area contributed by atoms with Crippen LogP contribution in [0.15, 0.2) is 65.3 Å². The number of nitrogens with zero attached hydrogens (tertiary/aromatic N) is 1. The lowest BCUT2D eigenvalue weighted by Crippen LogP contribution is -2.43. The summed E-state index contributed by atoms with van der Waals surface area (Å²) in [6, 6.07) is 16.4. The molecule has 0 atom stereocenters. The number of hydrogen-bond donors (Lipinski definition) is 3. The molecular weight excluding hydrogens is 400 g/mol. The minimum Gasteiger partial charge on any atom is -0.484 e. The van der Waals surface area contributed by atoms with Crippen molar-refractivity contribution in [2.45, 2.75) is 0 Å². The van der Waals surface area contributed by atoms with Gasteiger partial charge in [0.15, 0.2) is 6.61 Å². The predicted molar refractivity (Wildman–Crippen MR) is 99.3 cm³/mol. The van der Waals surface area contributed by atoms with Gasteiger partial charge in [0.25, 0.3) is 11.8 Å². The molecule has 3 rings (SSSR count). The fourth-order valence-electron chi connectivity index (χ4n) is 2.19. The highest BCUT2D eigenvalue weighted by molar-refractivity contribution is 9.10. The van der Waals surface area contributed by atoms with E-state index in [9.17, 15) is 9.59 Å². The van der Waals surface area contributed by atoms with Crippen molar-refractivity contribution in [2.24, 2.45) is 0 Å². The lowest BCUT2D eigenvalue weighted by Gasteiger charge is -2.09. The van der Waals surface area contributed by atoms with Crippen LogP contribution in [0.25, 0.3) is 11.3 Å². The van der Waals surface area contributed by atoms with Gasteiger partial charge in [-0.05, 0) is 24.3 Å². The molecule has 132 valence electrons. The molecule has 0 spiro atoms. The summed E-state index contributed by atoms with van der Waals surface area (Å²) in [5, 5.41) is 6.69. The van der Waals surface area contributed by atoms with E-state index in [2.05, 4.69) is 37.0 Å². The van der Waals surface area contributed by atoms with Gasteiger partial charge in [-0.25, -0.2) is 0 Å². The van der Waals surface area contributed by atoms with Crippen molar-refractivity contribution in [2.75, 3.05) is 6.61 Å². The van der Waals surface area contributed by atoms with Crippen molar-refractivity contribution >= 4 is 27.7 Å². The van der Waals surface area contributed by atoms with Gasteiger partial charge in [0.1, 0.15) is 5.75 Å².